The van der Waals surface area contributed by atoms with Gasteiger partial charge in [-0.25, -0.2) is 0 Å². The first kappa shape index (κ1) is 20.8. The number of nitrogens with two attached hydrogens (primary N) is 1. The molecule has 8 nitrogen and oxygen atoms in total. The molecule has 33 heavy (non-hydrogen) atoms. The number of fused-ring (bicyclic) bond motifs is 1. The summed E-state index contributed by atoms with van der Waals surface area (Å²) in [6, 6.07) is 7.81. The van der Waals surface area contributed by atoms with Gasteiger partial charge in [0, 0.05) is 18.5 Å². The largest absolute Gasteiger partial charge is 0.490 e. The number of anilines is 2. The fourth-order valence-electron chi connectivity index (χ4n) is 7.10. The van der Waals surface area contributed by atoms with Crippen LogP contribution in [0.5, 0.6) is 5.75 Å². The number of benzene rings is 1. The van der Waals surface area contributed by atoms with E-state index in [9.17, 15) is 9.59 Å². The number of nitrogens with one attached hydrogen (secondary N) is 1. The van der Waals surface area contributed by atoms with Crippen LogP contribution in [0.25, 0.3) is 0 Å². The predicted octanol–water partition coefficient (Wildman–Crippen LogP) is 3.01. The first-order valence-corrected chi connectivity index (χ1v) is 12.1. The van der Waals surface area contributed by atoms with Gasteiger partial charge >= 0.3 is 0 Å². The highest BCUT2D eigenvalue weighted by molar-refractivity contribution is 6.36. The minimum absolute atomic E-state index is 0.0344. The molecular formula is C24H28ClN5O3. The van der Waals surface area contributed by atoms with Gasteiger partial charge < -0.3 is 20.7 Å². The van der Waals surface area contributed by atoms with Gasteiger partial charge in [-0.1, -0.05) is 23.7 Å². The van der Waals surface area contributed by atoms with Gasteiger partial charge in [0.15, 0.2) is 11.5 Å². The standard InChI is InChI=1S/C24H28ClN5O3/c1-29-22(30-6-7-33-17-5-3-2-4-16(17)30)18(25)20(28-29)21(31)27-19-14-8-13-9-15(19)12-24(10-13,11-14)23(26)32/h2-5,13-15,19H,6-12H2,1H3,(H2,26,32)(H,27,31). The van der Waals surface area contributed by atoms with Crippen LogP contribution < -0.4 is 20.7 Å². The third-order valence-electron chi connectivity index (χ3n) is 8.25. The van der Waals surface area contributed by atoms with Crippen LogP contribution in [0.1, 0.15) is 42.6 Å². The van der Waals surface area contributed by atoms with Crippen LogP contribution in [-0.4, -0.2) is 40.8 Å². The second kappa shape index (κ2) is 7.38. The average Bonchev–Trinajstić information content (AvgIpc) is 3.09. The Labute approximate surface area is 197 Å². The molecule has 0 spiro atoms. The lowest BCUT2D eigenvalue weighted by molar-refractivity contribution is -0.145. The van der Waals surface area contributed by atoms with Crippen LogP contribution in [0.15, 0.2) is 24.3 Å². The monoisotopic (exact) mass is 469 g/mol. The molecule has 0 saturated heterocycles. The van der Waals surface area contributed by atoms with Crippen molar-refractivity contribution in [2.45, 2.75) is 38.1 Å². The lowest BCUT2D eigenvalue weighted by atomic mass is 9.47. The van der Waals surface area contributed by atoms with Crippen LogP contribution >= 0.6 is 11.6 Å². The van der Waals surface area contributed by atoms with Gasteiger partial charge in [0.2, 0.25) is 5.91 Å². The molecule has 174 valence electrons. The lowest BCUT2D eigenvalue weighted by Gasteiger charge is -2.58. The molecule has 5 aliphatic rings. The van der Waals surface area contributed by atoms with E-state index in [1.807, 2.05) is 29.2 Å². The first-order chi connectivity index (χ1) is 15.9. The molecule has 2 amide bonds. The summed E-state index contributed by atoms with van der Waals surface area (Å²) in [6.45, 7) is 1.13. The fourth-order valence-corrected chi connectivity index (χ4v) is 7.45. The number of halogens is 1. The quantitative estimate of drug-likeness (QED) is 0.716. The third-order valence-corrected chi connectivity index (χ3v) is 8.60. The molecule has 9 heteroatoms. The summed E-state index contributed by atoms with van der Waals surface area (Å²) >= 11 is 6.77. The minimum atomic E-state index is -0.378. The van der Waals surface area contributed by atoms with Gasteiger partial charge in [0.1, 0.15) is 17.4 Å². The van der Waals surface area contributed by atoms with E-state index >= 15 is 0 Å². The summed E-state index contributed by atoms with van der Waals surface area (Å²) < 4.78 is 7.43. The van der Waals surface area contributed by atoms with E-state index in [1.54, 1.807) is 11.7 Å². The Morgan fingerprint density at radius 3 is 2.67 bits per heavy atom. The zero-order valence-corrected chi connectivity index (χ0v) is 19.3. The van der Waals surface area contributed by atoms with Gasteiger partial charge in [-0.15, -0.1) is 0 Å². The molecule has 4 aliphatic carbocycles. The second-order valence-electron chi connectivity index (χ2n) is 10.2. The summed E-state index contributed by atoms with van der Waals surface area (Å²) in [5.74, 6) is 2.12. The van der Waals surface area contributed by atoms with Crippen LogP contribution in [-0.2, 0) is 11.8 Å². The number of carbonyl (C=O) groups excluding carboxylic acids is 2. The number of carbonyl (C=O) groups is 2. The van der Waals surface area contributed by atoms with Crippen molar-refractivity contribution in [3.63, 3.8) is 0 Å². The van der Waals surface area contributed by atoms with E-state index in [2.05, 4.69) is 10.4 Å². The number of aryl methyl sites for hydroxylation is 1. The van der Waals surface area contributed by atoms with Gasteiger partial charge in [0.25, 0.3) is 5.91 Å². The molecule has 4 saturated carbocycles. The Kier molecular flexibility index (Phi) is 4.66. The maximum absolute atomic E-state index is 13.4. The van der Waals surface area contributed by atoms with Gasteiger partial charge in [-0.3, -0.25) is 14.3 Å². The molecule has 4 bridgehead atoms. The second-order valence-corrected chi connectivity index (χ2v) is 10.6. The number of rotatable bonds is 4. The van der Waals surface area contributed by atoms with Gasteiger partial charge in [0.05, 0.1) is 12.2 Å². The number of aromatic nitrogens is 2. The van der Waals surface area contributed by atoms with E-state index < -0.39 is 0 Å². The first-order valence-electron chi connectivity index (χ1n) is 11.7. The van der Waals surface area contributed by atoms with Crippen molar-refractivity contribution < 1.29 is 14.3 Å². The van der Waals surface area contributed by atoms with Crippen LogP contribution in [0.2, 0.25) is 5.02 Å². The predicted molar refractivity (Wildman–Crippen MR) is 124 cm³/mol. The molecular weight excluding hydrogens is 442 g/mol. The lowest BCUT2D eigenvalue weighted by Crippen LogP contribution is -2.62. The Hall–Kier alpha value is -2.74. The highest BCUT2D eigenvalue weighted by atomic mass is 35.5. The molecule has 2 aromatic rings. The number of para-hydroxylation sites is 2. The van der Waals surface area contributed by atoms with Crippen LogP contribution in [0.3, 0.4) is 0 Å². The maximum Gasteiger partial charge on any atom is 0.273 e. The minimum Gasteiger partial charge on any atom is -0.490 e. The molecule has 1 aromatic carbocycles. The molecule has 1 aliphatic heterocycles. The molecule has 0 radical (unpaired) electrons. The summed E-state index contributed by atoms with van der Waals surface area (Å²) in [5.41, 5.74) is 6.56. The molecule has 7 rings (SSSR count). The van der Waals surface area contributed by atoms with E-state index in [0.29, 0.717) is 29.9 Å². The van der Waals surface area contributed by atoms with Crippen molar-refractivity contribution in [3.8, 4) is 5.75 Å². The van der Waals surface area contributed by atoms with Crippen molar-refractivity contribution in [1.82, 2.24) is 15.1 Å². The van der Waals surface area contributed by atoms with Crippen molar-refractivity contribution >= 4 is 34.9 Å². The van der Waals surface area contributed by atoms with Gasteiger partial charge in [-0.05, 0) is 62.0 Å². The highest BCUT2D eigenvalue weighted by Crippen LogP contribution is 2.60. The van der Waals surface area contributed by atoms with Crippen LogP contribution in [0.4, 0.5) is 11.5 Å². The van der Waals surface area contributed by atoms with Crippen molar-refractivity contribution in [2.24, 2.45) is 36.0 Å². The smallest absolute Gasteiger partial charge is 0.273 e. The van der Waals surface area contributed by atoms with E-state index in [1.165, 1.54) is 0 Å². The molecule has 3 N–H and O–H groups in total. The van der Waals surface area contributed by atoms with Crippen molar-refractivity contribution in [1.29, 1.82) is 0 Å². The summed E-state index contributed by atoms with van der Waals surface area (Å²) in [6.07, 6.45) is 4.54. The zero-order chi connectivity index (χ0) is 22.9. The van der Waals surface area contributed by atoms with Crippen molar-refractivity contribution in [3.05, 3.63) is 35.0 Å². The summed E-state index contributed by atoms with van der Waals surface area (Å²) in [4.78, 5) is 27.6. The topological polar surface area (TPSA) is 102 Å². The number of hydrogen-bond acceptors (Lipinski definition) is 5. The Balaban J connectivity index is 1.26. The van der Waals surface area contributed by atoms with Gasteiger partial charge in [-0.2, -0.15) is 5.10 Å². The molecule has 2 heterocycles. The maximum atomic E-state index is 13.4. The number of nitrogens with zero attached hydrogens (tertiary/aromatic N) is 3. The molecule has 1 aromatic heterocycles. The number of hydrogen-bond donors (Lipinski definition) is 2. The van der Waals surface area contributed by atoms with E-state index in [4.69, 9.17) is 22.1 Å². The van der Waals surface area contributed by atoms with E-state index in [0.717, 1.165) is 43.5 Å². The molecule has 4 fully saturated rings. The van der Waals surface area contributed by atoms with Crippen LogP contribution in [0, 0.1) is 23.2 Å². The Bertz CT molecular complexity index is 1130. The third kappa shape index (κ3) is 3.14. The summed E-state index contributed by atoms with van der Waals surface area (Å²) in [7, 11) is 1.80. The Morgan fingerprint density at radius 1 is 1.21 bits per heavy atom. The fraction of sp³-hybridized carbons (Fsp3) is 0.542. The number of amides is 2. The van der Waals surface area contributed by atoms with E-state index in [-0.39, 0.29) is 40.8 Å². The molecule has 2 atom stereocenters. The molecule has 2 unspecified atom stereocenters. The Morgan fingerprint density at radius 2 is 1.94 bits per heavy atom. The number of ether oxygens (including phenoxy) is 1. The van der Waals surface area contributed by atoms with Crippen molar-refractivity contribution in [2.75, 3.05) is 18.1 Å². The number of primary amides is 1. The zero-order valence-electron chi connectivity index (χ0n) is 18.6. The normalized spacial score (nSPS) is 31.8. The average molecular weight is 470 g/mol. The highest BCUT2D eigenvalue weighted by Gasteiger charge is 2.58. The SMILES string of the molecule is Cn1nc(C(=O)NC2C3CC4CC2CC(C(N)=O)(C4)C3)c(Cl)c1N1CCOc2ccccc21. The summed E-state index contributed by atoms with van der Waals surface area (Å²) in [5, 5.41) is 8.08.